The van der Waals surface area contributed by atoms with E-state index in [2.05, 4.69) is 42.4 Å². The predicted molar refractivity (Wildman–Crippen MR) is 79.9 cm³/mol. The molecule has 0 N–H and O–H groups in total. The first-order chi connectivity index (χ1) is 6.72. The molecular formula is C8H12I2O2S2. The highest BCUT2D eigenvalue weighted by Crippen LogP contribution is 2.40. The van der Waals surface area contributed by atoms with Crippen LogP contribution in [0.4, 0.5) is 0 Å². The standard InChI is InChI=1S/C8H12I2O2S2/c9-13-6-8(5-12-14-10)3-1-7(11)2-4-8/h1-6H2. The van der Waals surface area contributed by atoms with Crippen molar-refractivity contribution >= 4 is 66.3 Å². The maximum Gasteiger partial charge on any atom is 0.132 e. The van der Waals surface area contributed by atoms with E-state index in [1.807, 2.05) is 8.93 Å². The van der Waals surface area contributed by atoms with Crippen molar-refractivity contribution in [2.75, 3.05) is 12.4 Å². The number of carbonyl (C=O) groups excluding carboxylic acids is 1. The van der Waals surface area contributed by atoms with E-state index in [1.54, 1.807) is 0 Å². The first-order valence-electron chi connectivity index (χ1n) is 4.38. The molecule has 14 heavy (non-hydrogen) atoms. The molecule has 6 heteroatoms. The number of hydrogen-bond donors (Lipinski definition) is 0. The van der Waals surface area contributed by atoms with Crippen LogP contribution >= 0.6 is 60.6 Å². The van der Waals surface area contributed by atoms with Crippen LogP contribution in [0.25, 0.3) is 0 Å². The average molecular weight is 458 g/mol. The summed E-state index contributed by atoms with van der Waals surface area (Å²) >= 11 is 4.47. The Kier molecular flexibility index (Phi) is 7.11. The fourth-order valence-corrected chi connectivity index (χ4v) is 4.91. The lowest BCUT2D eigenvalue weighted by Gasteiger charge is -2.34. The molecule has 0 saturated heterocycles. The first kappa shape index (κ1) is 13.9. The van der Waals surface area contributed by atoms with Crippen LogP contribution in [-0.4, -0.2) is 18.1 Å². The van der Waals surface area contributed by atoms with Crippen molar-refractivity contribution in [3.63, 3.8) is 0 Å². The third-order valence-electron chi connectivity index (χ3n) is 2.64. The van der Waals surface area contributed by atoms with Gasteiger partial charge in [-0.05, 0) is 34.0 Å². The Morgan fingerprint density at radius 2 is 2.00 bits per heavy atom. The van der Waals surface area contributed by atoms with Gasteiger partial charge >= 0.3 is 0 Å². The van der Waals surface area contributed by atoms with E-state index in [0.717, 1.165) is 38.0 Å². The fraction of sp³-hybridized carbons (Fsp3) is 0.875. The molecule has 0 heterocycles. The Labute approximate surface area is 117 Å². The van der Waals surface area contributed by atoms with Gasteiger partial charge in [0, 0.05) is 45.2 Å². The molecule has 0 aliphatic heterocycles. The number of carbonyl (C=O) groups is 1. The summed E-state index contributed by atoms with van der Waals surface area (Å²) in [4.78, 5) is 11.2. The lowest BCUT2D eigenvalue weighted by Crippen LogP contribution is -2.33. The van der Waals surface area contributed by atoms with Crippen LogP contribution in [0.1, 0.15) is 25.7 Å². The largest absolute Gasteiger partial charge is 0.305 e. The maximum absolute atomic E-state index is 11.2. The highest BCUT2D eigenvalue weighted by molar-refractivity contribution is 14.2. The summed E-state index contributed by atoms with van der Waals surface area (Å²) in [5.74, 6) is 1.51. The molecule has 1 saturated carbocycles. The van der Waals surface area contributed by atoms with Crippen LogP contribution in [0.15, 0.2) is 0 Å². The molecule has 1 aliphatic rings. The minimum absolute atomic E-state index is 0.248. The molecule has 0 atom stereocenters. The van der Waals surface area contributed by atoms with E-state index in [-0.39, 0.29) is 5.41 Å². The van der Waals surface area contributed by atoms with Gasteiger partial charge in [0.2, 0.25) is 0 Å². The SMILES string of the molecule is O=C1CCC(COSI)(CSI)CC1. The van der Waals surface area contributed by atoms with Crippen molar-refractivity contribution in [1.29, 1.82) is 0 Å². The number of halogens is 2. The molecule has 1 rings (SSSR count). The van der Waals surface area contributed by atoms with Gasteiger partial charge in [0.15, 0.2) is 0 Å². The van der Waals surface area contributed by atoms with E-state index >= 15 is 0 Å². The molecule has 1 aliphatic carbocycles. The van der Waals surface area contributed by atoms with Gasteiger partial charge in [0.25, 0.3) is 0 Å². The van der Waals surface area contributed by atoms with E-state index in [9.17, 15) is 4.79 Å². The van der Waals surface area contributed by atoms with Crippen molar-refractivity contribution in [1.82, 2.24) is 0 Å². The van der Waals surface area contributed by atoms with Crippen LogP contribution in [0, 0.1) is 5.41 Å². The Morgan fingerprint density at radius 3 is 2.50 bits per heavy atom. The summed E-state index contributed by atoms with van der Waals surface area (Å²) in [7, 11) is 3.22. The van der Waals surface area contributed by atoms with Crippen molar-refractivity contribution in [3.8, 4) is 0 Å². The van der Waals surface area contributed by atoms with Crippen LogP contribution in [0.3, 0.4) is 0 Å². The van der Waals surface area contributed by atoms with Crippen molar-refractivity contribution in [2.24, 2.45) is 5.41 Å². The zero-order chi connectivity index (χ0) is 10.4. The normalized spacial score (nSPS) is 21.1. The van der Waals surface area contributed by atoms with E-state index in [0.29, 0.717) is 5.78 Å². The second-order valence-electron chi connectivity index (χ2n) is 3.62. The van der Waals surface area contributed by atoms with Gasteiger partial charge in [-0.15, -0.1) is 0 Å². The highest BCUT2D eigenvalue weighted by atomic mass is 127. The Balaban J connectivity index is 2.48. The summed E-state index contributed by atoms with van der Waals surface area (Å²) in [5, 5.41) is 0. The summed E-state index contributed by atoms with van der Waals surface area (Å²) in [5.41, 5.74) is 0.248. The van der Waals surface area contributed by atoms with Crippen LogP contribution in [0.2, 0.25) is 0 Å². The second kappa shape index (κ2) is 7.18. The summed E-state index contributed by atoms with van der Waals surface area (Å²) in [6.45, 7) is 0.782. The number of hydrogen-bond acceptors (Lipinski definition) is 4. The van der Waals surface area contributed by atoms with E-state index in [1.165, 1.54) is 9.21 Å². The van der Waals surface area contributed by atoms with Crippen molar-refractivity contribution in [2.45, 2.75) is 25.7 Å². The quantitative estimate of drug-likeness (QED) is 0.456. The molecule has 1 fully saturated rings. The zero-order valence-electron chi connectivity index (χ0n) is 7.63. The van der Waals surface area contributed by atoms with Gasteiger partial charge in [0.1, 0.15) is 5.78 Å². The molecule has 0 aromatic rings. The minimum Gasteiger partial charge on any atom is -0.305 e. The monoisotopic (exact) mass is 458 g/mol. The van der Waals surface area contributed by atoms with E-state index in [4.69, 9.17) is 4.18 Å². The molecule has 82 valence electrons. The zero-order valence-corrected chi connectivity index (χ0v) is 13.6. The van der Waals surface area contributed by atoms with E-state index < -0.39 is 0 Å². The molecule has 0 unspecified atom stereocenters. The molecule has 0 radical (unpaired) electrons. The molecule has 0 bridgehead atoms. The number of Topliss-reactive ketones (excluding diaryl/α,β-unsaturated/α-hetero) is 1. The van der Waals surface area contributed by atoms with Gasteiger partial charge in [-0.3, -0.25) is 4.79 Å². The fourth-order valence-electron chi connectivity index (χ4n) is 1.65. The topological polar surface area (TPSA) is 26.3 Å². The van der Waals surface area contributed by atoms with Crippen LogP contribution in [-0.2, 0) is 8.98 Å². The smallest absolute Gasteiger partial charge is 0.132 e. The van der Waals surface area contributed by atoms with Crippen LogP contribution in [0.5, 0.6) is 0 Å². The third kappa shape index (κ3) is 4.34. The lowest BCUT2D eigenvalue weighted by molar-refractivity contribution is -0.122. The van der Waals surface area contributed by atoms with Gasteiger partial charge in [-0.25, -0.2) is 0 Å². The van der Waals surface area contributed by atoms with Gasteiger partial charge in [0.05, 0.1) is 15.8 Å². The number of ketones is 1. The Morgan fingerprint density at radius 1 is 1.36 bits per heavy atom. The van der Waals surface area contributed by atoms with Gasteiger partial charge in [-0.2, -0.15) is 0 Å². The molecule has 2 nitrogen and oxygen atoms in total. The highest BCUT2D eigenvalue weighted by Gasteiger charge is 2.35. The molecule has 0 aromatic heterocycles. The number of rotatable bonds is 5. The molecule has 0 aromatic carbocycles. The minimum atomic E-state index is 0.248. The molecule has 0 spiro atoms. The lowest BCUT2D eigenvalue weighted by atomic mass is 9.76. The maximum atomic E-state index is 11.2. The Bertz CT molecular complexity index is 192. The van der Waals surface area contributed by atoms with Gasteiger partial charge in [-0.1, -0.05) is 8.93 Å². The Hall–Kier alpha value is 1.79. The van der Waals surface area contributed by atoms with Crippen molar-refractivity contribution in [3.05, 3.63) is 0 Å². The third-order valence-corrected chi connectivity index (χ3v) is 5.26. The first-order valence-corrected chi connectivity index (χ1v) is 11.2. The molecule has 0 amide bonds. The molecular weight excluding hydrogens is 446 g/mol. The second-order valence-corrected chi connectivity index (χ2v) is 7.43. The summed E-state index contributed by atoms with van der Waals surface area (Å²) in [6, 6.07) is 0. The summed E-state index contributed by atoms with van der Waals surface area (Å²) < 4.78 is 5.44. The van der Waals surface area contributed by atoms with Gasteiger partial charge < -0.3 is 4.18 Å². The summed E-state index contributed by atoms with van der Waals surface area (Å²) in [6.07, 6.45) is 3.48. The average Bonchev–Trinajstić information content (AvgIpc) is 2.20. The van der Waals surface area contributed by atoms with Crippen LogP contribution < -0.4 is 0 Å². The predicted octanol–water partition coefficient (Wildman–Crippen LogP) is 4.21. The van der Waals surface area contributed by atoms with Crippen molar-refractivity contribution < 1.29 is 8.98 Å².